The van der Waals surface area contributed by atoms with E-state index >= 15 is 0 Å². The molecular weight excluding hydrogens is 406 g/mol. The van der Waals surface area contributed by atoms with Crippen LogP contribution in [0.15, 0.2) is 73.2 Å². The Morgan fingerprint density at radius 1 is 0.812 bits per heavy atom. The van der Waals surface area contributed by atoms with Crippen molar-refractivity contribution in [2.24, 2.45) is 0 Å². The molecule has 0 fully saturated rings. The molecule has 158 valence electrons. The minimum absolute atomic E-state index is 0.187. The molecule has 2 aromatic heterocycles. The van der Waals surface area contributed by atoms with E-state index in [1.54, 1.807) is 55.9 Å². The molecule has 0 N–H and O–H groups in total. The van der Waals surface area contributed by atoms with Gasteiger partial charge in [-0.2, -0.15) is 0 Å². The second-order valence-electron chi connectivity index (χ2n) is 7.09. The monoisotopic (exact) mass is 425 g/mol. The first-order chi connectivity index (χ1) is 15.7. The fraction of sp³-hybridized carbons (Fsp3) is 0.125. The second kappa shape index (κ2) is 8.07. The molecule has 0 spiro atoms. The highest BCUT2D eigenvalue weighted by Gasteiger charge is 2.40. The maximum Gasteiger partial charge on any atom is 0.260 e. The normalized spacial score (nSPS) is 14.9. The lowest BCUT2D eigenvalue weighted by atomic mass is 9.97. The van der Waals surface area contributed by atoms with E-state index in [1.165, 1.54) is 0 Å². The van der Waals surface area contributed by atoms with Crippen LogP contribution in [0, 0.1) is 0 Å². The van der Waals surface area contributed by atoms with E-state index in [2.05, 4.69) is 19.9 Å². The van der Waals surface area contributed by atoms with Crippen LogP contribution >= 0.6 is 0 Å². The van der Waals surface area contributed by atoms with Crippen LogP contribution in [0.5, 0.6) is 11.5 Å². The zero-order chi connectivity index (χ0) is 22.1. The lowest BCUT2D eigenvalue weighted by molar-refractivity contribution is 0.0992. The minimum atomic E-state index is -0.391. The molecule has 1 aliphatic rings. The molecule has 8 nitrogen and oxygen atoms in total. The Hall–Kier alpha value is -4.33. The minimum Gasteiger partial charge on any atom is -0.493 e. The predicted molar refractivity (Wildman–Crippen MR) is 118 cm³/mol. The van der Waals surface area contributed by atoms with Gasteiger partial charge in [-0.15, -0.1) is 0 Å². The Morgan fingerprint density at radius 3 is 2.22 bits per heavy atom. The van der Waals surface area contributed by atoms with Crippen LogP contribution in [0.3, 0.4) is 0 Å². The molecule has 1 amide bonds. The molecule has 0 unspecified atom stereocenters. The standard InChI is InChI=1S/C24H19N5O3/c1-31-18-13-16-17(14-19(18)32-2)24(30)29(21(16)15-7-4-3-5-8-15)20-9-12-27-23(28-20)22-25-10-6-11-26-22/h3-14,21H,1-2H3/t21-/m1/s1. The molecule has 0 saturated carbocycles. The Morgan fingerprint density at radius 2 is 1.50 bits per heavy atom. The van der Waals surface area contributed by atoms with Gasteiger partial charge in [0.2, 0.25) is 0 Å². The molecule has 1 aliphatic heterocycles. The third-order valence-electron chi connectivity index (χ3n) is 5.33. The van der Waals surface area contributed by atoms with Gasteiger partial charge in [-0.05, 0) is 35.4 Å². The Kier molecular flexibility index (Phi) is 4.95. The summed E-state index contributed by atoms with van der Waals surface area (Å²) >= 11 is 0. The Bertz CT molecular complexity index is 1280. The van der Waals surface area contributed by atoms with Crippen molar-refractivity contribution in [3.63, 3.8) is 0 Å². The van der Waals surface area contributed by atoms with Gasteiger partial charge in [0.25, 0.3) is 5.91 Å². The topological polar surface area (TPSA) is 90.3 Å². The Labute approximate surface area is 184 Å². The van der Waals surface area contributed by atoms with Crippen molar-refractivity contribution in [3.05, 3.63) is 89.9 Å². The van der Waals surface area contributed by atoms with Gasteiger partial charge in [0.15, 0.2) is 23.1 Å². The molecular formula is C24H19N5O3. The summed E-state index contributed by atoms with van der Waals surface area (Å²) in [5.74, 6) is 2.05. The van der Waals surface area contributed by atoms with Crippen molar-refractivity contribution in [2.75, 3.05) is 19.1 Å². The van der Waals surface area contributed by atoms with Gasteiger partial charge in [-0.25, -0.2) is 19.9 Å². The van der Waals surface area contributed by atoms with Crippen LogP contribution < -0.4 is 14.4 Å². The summed E-state index contributed by atoms with van der Waals surface area (Å²) in [6.45, 7) is 0. The van der Waals surface area contributed by atoms with E-state index in [9.17, 15) is 4.79 Å². The number of rotatable bonds is 5. The average molecular weight is 425 g/mol. The number of benzene rings is 2. The molecule has 32 heavy (non-hydrogen) atoms. The lowest BCUT2D eigenvalue weighted by Gasteiger charge is -2.25. The number of methoxy groups -OCH3 is 2. The molecule has 0 radical (unpaired) electrons. The van der Waals surface area contributed by atoms with Gasteiger partial charge in [0.05, 0.1) is 20.3 Å². The zero-order valence-corrected chi connectivity index (χ0v) is 17.5. The first-order valence-corrected chi connectivity index (χ1v) is 9.96. The van der Waals surface area contributed by atoms with Crippen LogP contribution in [-0.2, 0) is 0 Å². The molecule has 1 atom stereocenters. The van der Waals surface area contributed by atoms with Gasteiger partial charge >= 0.3 is 0 Å². The van der Waals surface area contributed by atoms with Crippen molar-refractivity contribution in [2.45, 2.75) is 6.04 Å². The van der Waals surface area contributed by atoms with Crippen molar-refractivity contribution in [3.8, 4) is 23.1 Å². The summed E-state index contributed by atoms with van der Waals surface area (Å²) in [6.07, 6.45) is 4.86. The Balaban J connectivity index is 1.68. The second-order valence-corrected chi connectivity index (χ2v) is 7.09. The number of anilines is 1. The van der Waals surface area contributed by atoms with Crippen LogP contribution in [0.25, 0.3) is 11.6 Å². The maximum atomic E-state index is 13.6. The first kappa shape index (κ1) is 19.6. The van der Waals surface area contributed by atoms with Crippen LogP contribution in [-0.4, -0.2) is 40.1 Å². The van der Waals surface area contributed by atoms with Crippen molar-refractivity contribution in [1.29, 1.82) is 0 Å². The summed E-state index contributed by atoms with van der Waals surface area (Å²) in [5, 5.41) is 0. The summed E-state index contributed by atoms with van der Waals surface area (Å²) in [4.78, 5) is 32.7. The average Bonchev–Trinajstić information content (AvgIpc) is 3.15. The van der Waals surface area contributed by atoms with Crippen LogP contribution in [0.4, 0.5) is 5.82 Å². The molecule has 0 saturated heterocycles. The third kappa shape index (κ3) is 3.22. The smallest absolute Gasteiger partial charge is 0.260 e. The molecule has 0 aliphatic carbocycles. The largest absolute Gasteiger partial charge is 0.493 e. The van der Waals surface area contributed by atoms with Gasteiger partial charge in [0, 0.05) is 24.2 Å². The van der Waals surface area contributed by atoms with Gasteiger partial charge in [-0.3, -0.25) is 9.69 Å². The number of hydrogen-bond donors (Lipinski definition) is 0. The quantitative estimate of drug-likeness (QED) is 0.481. The first-order valence-electron chi connectivity index (χ1n) is 9.96. The highest BCUT2D eigenvalue weighted by Crippen LogP contribution is 2.45. The number of amides is 1. The number of fused-ring (bicyclic) bond motifs is 1. The summed E-state index contributed by atoms with van der Waals surface area (Å²) in [6, 6.07) is 16.4. The number of carbonyl (C=O) groups is 1. The van der Waals surface area contributed by atoms with E-state index in [1.807, 2.05) is 36.4 Å². The van der Waals surface area contributed by atoms with Gasteiger partial charge in [-0.1, -0.05) is 30.3 Å². The highest BCUT2D eigenvalue weighted by atomic mass is 16.5. The van der Waals surface area contributed by atoms with Crippen LogP contribution in [0.1, 0.15) is 27.5 Å². The van der Waals surface area contributed by atoms with Crippen LogP contribution in [0.2, 0.25) is 0 Å². The molecule has 2 aromatic carbocycles. The predicted octanol–water partition coefficient (Wildman–Crippen LogP) is 3.70. The van der Waals surface area contributed by atoms with E-state index in [0.29, 0.717) is 34.5 Å². The molecule has 5 rings (SSSR count). The number of aromatic nitrogens is 4. The van der Waals surface area contributed by atoms with E-state index in [4.69, 9.17) is 9.47 Å². The maximum absolute atomic E-state index is 13.6. The lowest BCUT2D eigenvalue weighted by Crippen LogP contribution is -2.29. The zero-order valence-electron chi connectivity index (χ0n) is 17.5. The fourth-order valence-electron chi connectivity index (χ4n) is 3.90. The third-order valence-corrected chi connectivity index (χ3v) is 5.33. The molecule has 3 heterocycles. The van der Waals surface area contributed by atoms with Gasteiger partial charge in [0.1, 0.15) is 5.82 Å². The molecule has 4 aromatic rings. The van der Waals surface area contributed by atoms with E-state index in [-0.39, 0.29) is 5.91 Å². The number of carbonyl (C=O) groups excluding carboxylic acids is 1. The number of hydrogen-bond acceptors (Lipinski definition) is 7. The molecule has 8 heteroatoms. The summed E-state index contributed by atoms with van der Waals surface area (Å²) in [7, 11) is 3.12. The number of nitrogens with zero attached hydrogens (tertiary/aromatic N) is 5. The summed E-state index contributed by atoms with van der Waals surface area (Å²) < 4.78 is 10.9. The molecule has 0 bridgehead atoms. The van der Waals surface area contributed by atoms with E-state index in [0.717, 1.165) is 11.1 Å². The van der Waals surface area contributed by atoms with Crippen molar-refractivity contribution >= 4 is 11.7 Å². The van der Waals surface area contributed by atoms with Crippen molar-refractivity contribution < 1.29 is 14.3 Å². The van der Waals surface area contributed by atoms with Gasteiger partial charge < -0.3 is 9.47 Å². The number of ether oxygens (including phenoxy) is 2. The SMILES string of the molecule is COc1cc2c(cc1OC)[C@@H](c1ccccc1)N(c1ccnc(-c3ncccn3)n1)C2=O. The highest BCUT2D eigenvalue weighted by molar-refractivity contribution is 6.11. The van der Waals surface area contributed by atoms with E-state index < -0.39 is 6.04 Å². The summed E-state index contributed by atoms with van der Waals surface area (Å²) in [5.41, 5.74) is 2.30. The fourth-order valence-corrected chi connectivity index (χ4v) is 3.90. The van der Waals surface area contributed by atoms with Crippen molar-refractivity contribution in [1.82, 2.24) is 19.9 Å².